The lowest BCUT2D eigenvalue weighted by atomic mass is 10.3. The molecule has 1 aromatic heterocycles. The zero-order valence-corrected chi connectivity index (χ0v) is 11.2. The molecule has 18 heavy (non-hydrogen) atoms. The normalized spacial score (nSPS) is 10.2. The summed E-state index contributed by atoms with van der Waals surface area (Å²) in [5.41, 5.74) is 0.634. The second kappa shape index (κ2) is 5.57. The molecule has 0 saturated carbocycles. The number of benzene rings is 1. The maximum Gasteiger partial charge on any atom is 0.274 e. The topological polar surface area (TPSA) is 42.0 Å². The van der Waals surface area contributed by atoms with Crippen LogP contribution in [0, 0.1) is 0 Å². The second-order valence-corrected chi connectivity index (χ2v) is 4.64. The lowest BCUT2D eigenvalue weighted by molar-refractivity contribution is 0.102. The molecule has 2 rings (SSSR count). The van der Waals surface area contributed by atoms with Gasteiger partial charge >= 0.3 is 0 Å². The second-order valence-electron chi connectivity index (χ2n) is 3.41. The van der Waals surface area contributed by atoms with Crippen molar-refractivity contribution in [3.8, 4) is 0 Å². The SMILES string of the molecule is O=C(Nc1cccc(Cl)c1Cl)c1cc(Cl)ccn1. The molecule has 0 bridgehead atoms. The number of aromatic nitrogens is 1. The molecule has 0 saturated heterocycles. The average molecular weight is 302 g/mol. The van der Waals surface area contributed by atoms with Crippen LogP contribution in [0.15, 0.2) is 36.5 Å². The third-order valence-electron chi connectivity index (χ3n) is 2.15. The molecular weight excluding hydrogens is 295 g/mol. The molecule has 1 heterocycles. The van der Waals surface area contributed by atoms with Crippen LogP contribution >= 0.6 is 34.8 Å². The molecular formula is C12H7Cl3N2O. The first-order valence-electron chi connectivity index (χ1n) is 4.95. The van der Waals surface area contributed by atoms with E-state index in [0.717, 1.165) is 0 Å². The van der Waals surface area contributed by atoms with Crippen LogP contribution in [0.3, 0.4) is 0 Å². The van der Waals surface area contributed by atoms with Crippen molar-refractivity contribution < 1.29 is 4.79 Å². The lowest BCUT2D eigenvalue weighted by Crippen LogP contribution is -2.13. The zero-order valence-electron chi connectivity index (χ0n) is 8.95. The number of hydrogen-bond acceptors (Lipinski definition) is 2. The van der Waals surface area contributed by atoms with E-state index in [0.29, 0.717) is 15.7 Å². The van der Waals surface area contributed by atoms with Gasteiger partial charge in [0.25, 0.3) is 5.91 Å². The van der Waals surface area contributed by atoms with Crippen molar-refractivity contribution in [2.75, 3.05) is 5.32 Å². The van der Waals surface area contributed by atoms with Crippen LogP contribution in [0.1, 0.15) is 10.5 Å². The summed E-state index contributed by atoms with van der Waals surface area (Å²) in [6.45, 7) is 0. The molecule has 0 unspecified atom stereocenters. The predicted octanol–water partition coefficient (Wildman–Crippen LogP) is 4.29. The lowest BCUT2D eigenvalue weighted by Gasteiger charge is -2.07. The van der Waals surface area contributed by atoms with E-state index in [-0.39, 0.29) is 10.7 Å². The van der Waals surface area contributed by atoms with E-state index in [1.165, 1.54) is 12.3 Å². The van der Waals surface area contributed by atoms with Crippen molar-refractivity contribution in [1.82, 2.24) is 4.98 Å². The van der Waals surface area contributed by atoms with Gasteiger partial charge in [-0.25, -0.2) is 0 Å². The minimum Gasteiger partial charge on any atom is -0.319 e. The van der Waals surface area contributed by atoms with Crippen LogP contribution in [0.5, 0.6) is 0 Å². The molecule has 0 radical (unpaired) electrons. The van der Waals surface area contributed by atoms with Crippen LogP contribution in [0.2, 0.25) is 15.1 Å². The van der Waals surface area contributed by atoms with Gasteiger partial charge in [-0.15, -0.1) is 0 Å². The highest BCUT2D eigenvalue weighted by Gasteiger charge is 2.11. The van der Waals surface area contributed by atoms with Gasteiger partial charge in [-0.3, -0.25) is 9.78 Å². The van der Waals surface area contributed by atoms with E-state index in [9.17, 15) is 4.79 Å². The fourth-order valence-electron chi connectivity index (χ4n) is 1.32. The molecule has 0 aliphatic rings. The third-order valence-corrected chi connectivity index (χ3v) is 3.21. The third kappa shape index (κ3) is 2.93. The first kappa shape index (κ1) is 13.1. The Morgan fingerprint density at radius 2 is 1.94 bits per heavy atom. The molecule has 6 heteroatoms. The summed E-state index contributed by atoms with van der Waals surface area (Å²) in [6.07, 6.45) is 1.46. The van der Waals surface area contributed by atoms with Crippen molar-refractivity contribution in [3.63, 3.8) is 0 Å². The molecule has 0 spiro atoms. The van der Waals surface area contributed by atoms with Crippen LogP contribution in [0.4, 0.5) is 5.69 Å². The van der Waals surface area contributed by atoms with Gasteiger partial charge in [0.2, 0.25) is 0 Å². The Balaban J connectivity index is 2.24. The van der Waals surface area contributed by atoms with Crippen LogP contribution in [0.25, 0.3) is 0 Å². The Hall–Kier alpha value is -1.29. The maximum absolute atomic E-state index is 11.9. The average Bonchev–Trinajstić information content (AvgIpc) is 2.35. The molecule has 0 atom stereocenters. The predicted molar refractivity (Wildman–Crippen MR) is 73.7 cm³/mol. The van der Waals surface area contributed by atoms with Gasteiger partial charge in [-0.1, -0.05) is 40.9 Å². The van der Waals surface area contributed by atoms with Gasteiger partial charge in [0.1, 0.15) is 5.69 Å². The maximum atomic E-state index is 11.9. The van der Waals surface area contributed by atoms with Crippen molar-refractivity contribution >= 4 is 46.4 Å². The number of amides is 1. The molecule has 0 aliphatic carbocycles. The smallest absolute Gasteiger partial charge is 0.274 e. The summed E-state index contributed by atoms with van der Waals surface area (Å²) in [5.74, 6) is -0.401. The summed E-state index contributed by atoms with van der Waals surface area (Å²) in [5, 5.41) is 3.71. The Morgan fingerprint density at radius 3 is 2.67 bits per heavy atom. The fourth-order valence-corrected chi connectivity index (χ4v) is 1.82. The minimum absolute atomic E-state index is 0.207. The largest absolute Gasteiger partial charge is 0.319 e. The first-order chi connectivity index (χ1) is 8.58. The summed E-state index contributed by atoms with van der Waals surface area (Å²) < 4.78 is 0. The van der Waals surface area contributed by atoms with E-state index in [1.54, 1.807) is 24.3 Å². The Kier molecular flexibility index (Phi) is 4.07. The Labute approximate surface area is 119 Å². The fraction of sp³-hybridized carbons (Fsp3) is 0. The van der Waals surface area contributed by atoms with E-state index in [1.807, 2.05) is 0 Å². The van der Waals surface area contributed by atoms with Crippen LogP contribution < -0.4 is 5.32 Å². The number of anilines is 1. The quantitative estimate of drug-likeness (QED) is 0.899. The Morgan fingerprint density at radius 1 is 1.17 bits per heavy atom. The molecule has 1 amide bonds. The molecule has 0 aliphatic heterocycles. The highest BCUT2D eigenvalue weighted by Crippen LogP contribution is 2.29. The number of carbonyl (C=O) groups is 1. The number of rotatable bonds is 2. The van der Waals surface area contributed by atoms with Crippen LogP contribution in [-0.4, -0.2) is 10.9 Å². The first-order valence-corrected chi connectivity index (χ1v) is 6.08. The molecule has 92 valence electrons. The van der Waals surface area contributed by atoms with E-state index in [2.05, 4.69) is 10.3 Å². The number of pyridine rings is 1. The molecule has 3 nitrogen and oxygen atoms in total. The number of carbonyl (C=O) groups excluding carboxylic acids is 1. The van der Waals surface area contributed by atoms with Crippen molar-refractivity contribution in [1.29, 1.82) is 0 Å². The van der Waals surface area contributed by atoms with Crippen molar-refractivity contribution in [2.24, 2.45) is 0 Å². The number of nitrogens with one attached hydrogen (secondary N) is 1. The van der Waals surface area contributed by atoms with Crippen molar-refractivity contribution in [3.05, 3.63) is 57.3 Å². The van der Waals surface area contributed by atoms with Gasteiger partial charge in [0, 0.05) is 11.2 Å². The van der Waals surface area contributed by atoms with Crippen LogP contribution in [-0.2, 0) is 0 Å². The minimum atomic E-state index is -0.401. The van der Waals surface area contributed by atoms with E-state index < -0.39 is 5.91 Å². The molecule has 0 fully saturated rings. The number of hydrogen-bond donors (Lipinski definition) is 1. The van der Waals surface area contributed by atoms with Gasteiger partial charge in [-0.05, 0) is 24.3 Å². The zero-order chi connectivity index (χ0) is 13.1. The number of nitrogens with zero attached hydrogens (tertiary/aromatic N) is 1. The van der Waals surface area contributed by atoms with E-state index >= 15 is 0 Å². The van der Waals surface area contributed by atoms with Crippen molar-refractivity contribution in [2.45, 2.75) is 0 Å². The number of halogens is 3. The molecule has 1 N–H and O–H groups in total. The Bertz CT molecular complexity index is 602. The summed E-state index contributed by atoms with van der Waals surface area (Å²) in [6, 6.07) is 8.03. The summed E-state index contributed by atoms with van der Waals surface area (Å²) in [7, 11) is 0. The van der Waals surface area contributed by atoms with Gasteiger partial charge < -0.3 is 5.32 Å². The summed E-state index contributed by atoms with van der Waals surface area (Å²) in [4.78, 5) is 15.8. The van der Waals surface area contributed by atoms with Gasteiger partial charge in [-0.2, -0.15) is 0 Å². The van der Waals surface area contributed by atoms with Gasteiger partial charge in [0.05, 0.1) is 15.7 Å². The molecule has 2 aromatic rings. The van der Waals surface area contributed by atoms with E-state index in [4.69, 9.17) is 34.8 Å². The highest BCUT2D eigenvalue weighted by atomic mass is 35.5. The van der Waals surface area contributed by atoms with Gasteiger partial charge in [0.15, 0.2) is 0 Å². The summed E-state index contributed by atoms with van der Waals surface area (Å²) >= 11 is 17.6. The molecule has 1 aromatic carbocycles. The highest BCUT2D eigenvalue weighted by molar-refractivity contribution is 6.44. The monoisotopic (exact) mass is 300 g/mol. The standard InChI is InChI=1S/C12H7Cl3N2O/c13-7-4-5-16-10(6-7)12(18)17-9-3-1-2-8(14)11(9)15/h1-6H,(H,17,18).